The van der Waals surface area contributed by atoms with E-state index in [1.165, 1.54) is 11.1 Å². The van der Waals surface area contributed by atoms with Gasteiger partial charge < -0.3 is 5.32 Å². The highest BCUT2D eigenvalue weighted by atomic mass is 16.1. The summed E-state index contributed by atoms with van der Waals surface area (Å²) in [6.45, 7) is 9.04. The lowest BCUT2D eigenvalue weighted by Gasteiger charge is -2.14. The second-order valence-corrected chi connectivity index (χ2v) is 6.76. The maximum atomic E-state index is 12.3. The van der Waals surface area contributed by atoms with E-state index in [0.29, 0.717) is 12.5 Å². The molecule has 2 nitrogen and oxygen atoms in total. The van der Waals surface area contributed by atoms with E-state index in [1.54, 1.807) is 0 Å². The van der Waals surface area contributed by atoms with E-state index in [2.05, 4.69) is 74.6 Å². The monoisotopic (exact) mass is 309 g/mol. The van der Waals surface area contributed by atoms with Crippen LogP contribution in [0.25, 0.3) is 0 Å². The Morgan fingerprint density at radius 3 is 2.04 bits per heavy atom. The molecule has 0 bridgehead atoms. The zero-order chi connectivity index (χ0) is 16.8. The van der Waals surface area contributed by atoms with Crippen molar-refractivity contribution in [2.45, 2.75) is 46.6 Å². The molecule has 2 aromatic carbocycles. The van der Waals surface area contributed by atoms with Crippen molar-refractivity contribution in [1.82, 2.24) is 5.32 Å². The molecule has 0 saturated carbocycles. The molecule has 0 heterocycles. The molecule has 2 aromatic rings. The maximum absolute atomic E-state index is 12.3. The number of carbonyl (C=O) groups excluding carboxylic acids is 1. The standard InChI is InChI=1S/C21H27NO/c1-15(2)13-18-9-11-20(12-10-18)17(4)21(23)22-14-19-7-5-16(3)6-8-19/h5-12,15,17H,13-14H2,1-4H3,(H,22,23)/t17-/m0/s1. The largest absolute Gasteiger partial charge is 0.352 e. The van der Waals surface area contributed by atoms with Gasteiger partial charge in [-0.05, 0) is 42.9 Å². The minimum atomic E-state index is -0.131. The quantitative estimate of drug-likeness (QED) is 0.829. The fourth-order valence-corrected chi connectivity index (χ4v) is 2.61. The van der Waals surface area contributed by atoms with Gasteiger partial charge in [0.15, 0.2) is 0 Å². The lowest BCUT2D eigenvalue weighted by atomic mass is 9.96. The topological polar surface area (TPSA) is 29.1 Å². The summed E-state index contributed by atoms with van der Waals surface area (Å²) in [4.78, 5) is 12.3. The van der Waals surface area contributed by atoms with E-state index in [0.717, 1.165) is 17.5 Å². The lowest BCUT2D eigenvalue weighted by Crippen LogP contribution is -2.27. The van der Waals surface area contributed by atoms with Crippen molar-refractivity contribution < 1.29 is 4.79 Å². The van der Waals surface area contributed by atoms with Crippen LogP contribution in [0.4, 0.5) is 0 Å². The van der Waals surface area contributed by atoms with Crippen molar-refractivity contribution in [3.63, 3.8) is 0 Å². The molecule has 2 rings (SSSR count). The number of hydrogen-bond acceptors (Lipinski definition) is 1. The summed E-state index contributed by atoms with van der Waals surface area (Å²) < 4.78 is 0. The van der Waals surface area contributed by atoms with Gasteiger partial charge in [-0.25, -0.2) is 0 Å². The van der Waals surface area contributed by atoms with Crippen molar-refractivity contribution in [1.29, 1.82) is 0 Å². The van der Waals surface area contributed by atoms with Crippen LogP contribution in [0.5, 0.6) is 0 Å². The predicted octanol–water partition coefficient (Wildman–Crippen LogP) is 4.61. The molecule has 0 spiro atoms. The summed E-state index contributed by atoms with van der Waals surface area (Å²) >= 11 is 0. The van der Waals surface area contributed by atoms with Crippen LogP contribution in [0.2, 0.25) is 0 Å². The van der Waals surface area contributed by atoms with Crippen LogP contribution in [-0.4, -0.2) is 5.91 Å². The Labute approximate surface area is 139 Å². The third-order valence-electron chi connectivity index (χ3n) is 4.10. The van der Waals surface area contributed by atoms with Gasteiger partial charge in [0.1, 0.15) is 0 Å². The Bertz CT molecular complexity index is 626. The Hall–Kier alpha value is -2.09. The molecule has 0 aliphatic heterocycles. The first-order valence-electron chi connectivity index (χ1n) is 8.38. The Balaban J connectivity index is 1.92. The number of amides is 1. The van der Waals surface area contributed by atoms with Gasteiger partial charge in [0.2, 0.25) is 5.91 Å². The summed E-state index contributed by atoms with van der Waals surface area (Å²) in [5.41, 5.74) is 4.76. The average Bonchev–Trinajstić information content (AvgIpc) is 2.53. The van der Waals surface area contributed by atoms with E-state index >= 15 is 0 Å². The molecule has 0 fully saturated rings. The molecule has 0 aliphatic carbocycles. The maximum Gasteiger partial charge on any atom is 0.227 e. The normalized spacial score (nSPS) is 12.2. The molecule has 0 unspecified atom stereocenters. The van der Waals surface area contributed by atoms with Gasteiger partial charge in [-0.2, -0.15) is 0 Å². The molecule has 0 aliphatic rings. The molecule has 122 valence electrons. The van der Waals surface area contributed by atoms with Crippen LogP contribution >= 0.6 is 0 Å². The number of benzene rings is 2. The van der Waals surface area contributed by atoms with Crippen LogP contribution < -0.4 is 5.32 Å². The summed E-state index contributed by atoms with van der Waals surface area (Å²) in [7, 11) is 0. The number of aryl methyl sites for hydroxylation is 1. The van der Waals surface area contributed by atoms with Crippen molar-refractivity contribution in [3.8, 4) is 0 Å². The zero-order valence-electron chi connectivity index (χ0n) is 14.6. The zero-order valence-corrected chi connectivity index (χ0v) is 14.6. The molecule has 0 saturated heterocycles. The van der Waals surface area contributed by atoms with Crippen molar-refractivity contribution in [2.24, 2.45) is 5.92 Å². The Morgan fingerprint density at radius 1 is 0.913 bits per heavy atom. The number of hydrogen-bond donors (Lipinski definition) is 1. The van der Waals surface area contributed by atoms with Gasteiger partial charge in [0.25, 0.3) is 0 Å². The second kappa shape index (κ2) is 7.96. The molecule has 0 aromatic heterocycles. The summed E-state index contributed by atoms with van der Waals surface area (Å²) in [6.07, 6.45) is 1.08. The Kier molecular flexibility index (Phi) is 5.97. The predicted molar refractivity (Wildman–Crippen MR) is 96.4 cm³/mol. The molecular formula is C21H27NO. The molecule has 23 heavy (non-hydrogen) atoms. The van der Waals surface area contributed by atoms with Gasteiger partial charge in [-0.15, -0.1) is 0 Å². The van der Waals surface area contributed by atoms with Crippen molar-refractivity contribution in [2.75, 3.05) is 0 Å². The second-order valence-electron chi connectivity index (χ2n) is 6.76. The lowest BCUT2D eigenvalue weighted by molar-refractivity contribution is -0.122. The van der Waals surface area contributed by atoms with Gasteiger partial charge in [-0.3, -0.25) is 4.79 Å². The van der Waals surface area contributed by atoms with Crippen LogP contribution in [0.3, 0.4) is 0 Å². The third kappa shape index (κ3) is 5.24. The van der Waals surface area contributed by atoms with E-state index < -0.39 is 0 Å². The highest BCUT2D eigenvalue weighted by molar-refractivity contribution is 5.83. The first-order valence-corrected chi connectivity index (χ1v) is 8.38. The van der Waals surface area contributed by atoms with E-state index in [4.69, 9.17) is 0 Å². The first kappa shape index (κ1) is 17.3. The van der Waals surface area contributed by atoms with Crippen molar-refractivity contribution >= 4 is 5.91 Å². The Morgan fingerprint density at radius 2 is 1.48 bits per heavy atom. The molecular weight excluding hydrogens is 282 g/mol. The molecule has 1 N–H and O–H groups in total. The molecule has 0 radical (unpaired) electrons. The van der Waals surface area contributed by atoms with Crippen LogP contribution in [0.15, 0.2) is 48.5 Å². The average molecular weight is 309 g/mol. The minimum absolute atomic E-state index is 0.0715. The van der Waals surface area contributed by atoms with Gasteiger partial charge in [0.05, 0.1) is 5.92 Å². The number of nitrogens with one attached hydrogen (secondary N) is 1. The number of rotatable bonds is 6. The minimum Gasteiger partial charge on any atom is -0.352 e. The summed E-state index contributed by atoms with van der Waals surface area (Å²) in [5.74, 6) is 0.590. The fourth-order valence-electron chi connectivity index (χ4n) is 2.61. The van der Waals surface area contributed by atoms with E-state index in [1.807, 2.05) is 6.92 Å². The first-order chi connectivity index (χ1) is 11.0. The molecule has 2 heteroatoms. The van der Waals surface area contributed by atoms with E-state index in [9.17, 15) is 4.79 Å². The molecule has 1 amide bonds. The van der Waals surface area contributed by atoms with Gasteiger partial charge >= 0.3 is 0 Å². The summed E-state index contributed by atoms with van der Waals surface area (Å²) in [5, 5.41) is 3.02. The third-order valence-corrected chi connectivity index (χ3v) is 4.10. The highest BCUT2D eigenvalue weighted by Gasteiger charge is 2.14. The number of carbonyl (C=O) groups is 1. The van der Waals surface area contributed by atoms with Crippen LogP contribution in [-0.2, 0) is 17.8 Å². The SMILES string of the molecule is Cc1ccc(CNC(=O)[C@@H](C)c2ccc(CC(C)C)cc2)cc1. The fraction of sp³-hybridized carbons (Fsp3) is 0.381. The summed E-state index contributed by atoms with van der Waals surface area (Å²) in [6, 6.07) is 16.7. The van der Waals surface area contributed by atoms with Crippen LogP contribution in [0.1, 0.15) is 48.9 Å². The smallest absolute Gasteiger partial charge is 0.227 e. The van der Waals surface area contributed by atoms with Gasteiger partial charge in [0, 0.05) is 6.54 Å². The van der Waals surface area contributed by atoms with Crippen molar-refractivity contribution in [3.05, 3.63) is 70.8 Å². The van der Waals surface area contributed by atoms with Crippen LogP contribution in [0, 0.1) is 12.8 Å². The highest BCUT2D eigenvalue weighted by Crippen LogP contribution is 2.18. The van der Waals surface area contributed by atoms with Gasteiger partial charge in [-0.1, -0.05) is 67.9 Å². The van der Waals surface area contributed by atoms with E-state index in [-0.39, 0.29) is 11.8 Å². The molecule has 1 atom stereocenters.